The van der Waals surface area contributed by atoms with Crippen LogP contribution in [0.1, 0.15) is 28.5 Å². The summed E-state index contributed by atoms with van der Waals surface area (Å²) in [7, 11) is 3.99. The van der Waals surface area contributed by atoms with Crippen molar-refractivity contribution >= 4 is 23.3 Å². The van der Waals surface area contributed by atoms with Crippen molar-refractivity contribution in [2.75, 3.05) is 26.4 Å². The SMILES string of the molecule is CN(C)CC[C@H](NC(=O)c1[nH]nc(N)c1Cl)c1ccccc1. The Morgan fingerprint density at radius 2 is 2.09 bits per heavy atom. The summed E-state index contributed by atoms with van der Waals surface area (Å²) in [6.45, 7) is 0.846. The van der Waals surface area contributed by atoms with E-state index < -0.39 is 0 Å². The smallest absolute Gasteiger partial charge is 0.271 e. The molecule has 0 aliphatic carbocycles. The molecule has 118 valence electrons. The van der Waals surface area contributed by atoms with Gasteiger partial charge in [0, 0.05) is 0 Å². The Hall–Kier alpha value is -2.05. The molecule has 1 amide bonds. The van der Waals surface area contributed by atoms with Gasteiger partial charge in [0.25, 0.3) is 5.91 Å². The van der Waals surface area contributed by atoms with Crippen molar-refractivity contribution in [3.05, 3.63) is 46.6 Å². The first-order valence-electron chi connectivity index (χ1n) is 6.99. The number of halogens is 1. The van der Waals surface area contributed by atoms with Crippen LogP contribution < -0.4 is 11.1 Å². The Morgan fingerprint density at radius 1 is 1.41 bits per heavy atom. The number of anilines is 1. The van der Waals surface area contributed by atoms with E-state index in [1.54, 1.807) is 0 Å². The molecular weight excluding hydrogens is 302 g/mol. The van der Waals surface area contributed by atoms with Gasteiger partial charge in [-0.3, -0.25) is 9.89 Å². The largest absolute Gasteiger partial charge is 0.381 e. The summed E-state index contributed by atoms with van der Waals surface area (Å²) in [6.07, 6.45) is 0.782. The minimum atomic E-state index is -0.318. The van der Waals surface area contributed by atoms with Crippen LogP contribution in [0, 0.1) is 0 Å². The molecule has 4 N–H and O–H groups in total. The maximum atomic E-state index is 12.4. The van der Waals surface area contributed by atoms with Gasteiger partial charge in [0.15, 0.2) is 5.82 Å². The summed E-state index contributed by atoms with van der Waals surface area (Å²) >= 11 is 5.97. The number of nitrogens with two attached hydrogens (primary N) is 1. The summed E-state index contributed by atoms with van der Waals surface area (Å²) in [5.74, 6) is -0.196. The molecule has 0 saturated carbocycles. The highest BCUT2D eigenvalue weighted by atomic mass is 35.5. The highest BCUT2D eigenvalue weighted by Gasteiger charge is 2.20. The van der Waals surface area contributed by atoms with Gasteiger partial charge in [-0.1, -0.05) is 41.9 Å². The number of hydrogen-bond donors (Lipinski definition) is 3. The van der Waals surface area contributed by atoms with Crippen LogP contribution in [0.5, 0.6) is 0 Å². The fourth-order valence-electron chi connectivity index (χ4n) is 2.12. The van der Waals surface area contributed by atoms with Gasteiger partial charge in [0.2, 0.25) is 0 Å². The van der Waals surface area contributed by atoms with Gasteiger partial charge in [0.05, 0.1) is 6.04 Å². The second-order valence-corrected chi connectivity index (χ2v) is 5.70. The number of nitrogens with zero attached hydrogens (tertiary/aromatic N) is 2. The highest BCUT2D eigenvalue weighted by Crippen LogP contribution is 2.22. The van der Waals surface area contributed by atoms with Crippen LogP contribution in [-0.2, 0) is 0 Å². The van der Waals surface area contributed by atoms with Crippen LogP contribution in [-0.4, -0.2) is 41.6 Å². The van der Waals surface area contributed by atoms with Crippen molar-refractivity contribution in [2.45, 2.75) is 12.5 Å². The average molecular weight is 322 g/mol. The Labute approximate surface area is 134 Å². The molecule has 1 aromatic heterocycles. The molecule has 7 heteroatoms. The van der Waals surface area contributed by atoms with E-state index in [9.17, 15) is 4.79 Å². The van der Waals surface area contributed by atoms with Gasteiger partial charge < -0.3 is 16.0 Å². The zero-order valence-electron chi connectivity index (χ0n) is 12.6. The zero-order chi connectivity index (χ0) is 16.1. The molecule has 1 aromatic carbocycles. The molecule has 0 unspecified atom stereocenters. The first kappa shape index (κ1) is 16.3. The molecule has 0 spiro atoms. The quantitative estimate of drug-likeness (QED) is 0.760. The molecule has 1 atom stereocenters. The maximum Gasteiger partial charge on any atom is 0.271 e. The molecule has 0 aliphatic rings. The third-order valence-corrected chi connectivity index (χ3v) is 3.71. The van der Waals surface area contributed by atoms with Crippen LogP contribution >= 0.6 is 11.6 Å². The molecule has 0 radical (unpaired) electrons. The Balaban J connectivity index is 2.15. The number of benzene rings is 1. The lowest BCUT2D eigenvalue weighted by molar-refractivity contribution is 0.0928. The maximum absolute atomic E-state index is 12.4. The molecule has 2 aromatic rings. The fourth-order valence-corrected chi connectivity index (χ4v) is 2.29. The van der Waals surface area contributed by atoms with Crippen molar-refractivity contribution in [3.63, 3.8) is 0 Å². The molecular formula is C15H20ClN5O. The molecule has 0 fully saturated rings. The average Bonchev–Trinajstić information content (AvgIpc) is 2.84. The van der Waals surface area contributed by atoms with Crippen molar-refractivity contribution in [3.8, 4) is 0 Å². The summed E-state index contributed by atoms with van der Waals surface area (Å²) < 4.78 is 0. The second kappa shape index (κ2) is 7.29. The Kier molecular flexibility index (Phi) is 5.41. The highest BCUT2D eigenvalue weighted by molar-refractivity contribution is 6.35. The fraction of sp³-hybridized carbons (Fsp3) is 0.333. The number of nitrogen functional groups attached to an aromatic ring is 1. The van der Waals surface area contributed by atoms with Crippen LogP contribution in [0.2, 0.25) is 5.02 Å². The predicted molar refractivity (Wildman–Crippen MR) is 87.8 cm³/mol. The lowest BCUT2D eigenvalue weighted by Crippen LogP contribution is -2.31. The number of amides is 1. The van der Waals surface area contributed by atoms with Crippen LogP contribution in [0.3, 0.4) is 0 Å². The molecule has 0 bridgehead atoms. The van der Waals surface area contributed by atoms with Gasteiger partial charge in [0.1, 0.15) is 10.7 Å². The lowest BCUT2D eigenvalue weighted by Gasteiger charge is -2.21. The first-order valence-corrected chi connectivity index (χ1v) is 7.36. The third kappa shape index (κ3) is 3.99. The summed E-state index contributed by atoms with van der Waals surface area (Å²) in [6, 6.07) is 9.71. The van der Waals surface area contributed by atoms with E-state index in [1.165, 1.54) is 0 Å². The van der Waals surface area contributed by atoms with Crippen molar-refractivity contribution in [2.24, 2.45) is 0 Å². The Bertz CT molecular complexity index is 626. The first-order chi connectivity index (χ1) is 10.5. The number of H-pyrrole nitrogens is 1. The zero-order valence-corrected chi connectivity index (χ0v) is 13.4. The number of hydrogen-bond acceptors (Lipinski definition) is 4. The summed E-state index contributed by atoms with van der Waals surface area (Å²) in [5.41, 5.74) is 6.79. The van der Waals surface area contributed by atoms with E-state index in [0.29, 0.717) is 0 Å². The van der Waals surface area contributed by atoms with Crippen molar-refractivity contribution < 1.29 is 4.79 Å². The topological polar surface area (TPSA) is 87.0 Å². The van der Waals surface area contributed by atoms with Crippen molar-refractivity contribution in [1.82, 2.24) is 20.4 Å². The van der Waals surface area contributed by atoms with E-state index in [0.717, 1.165) is 18.5 Å². The van der Waals surface area contributed by atoms with Crippen LogP contribution in [0.25, 0.3) is 0 Å². The summed E-state index contributed by atoms with van der Waals surface area (Å²) in [4.78, 5) is 14.4. The van der Waals surface area contributed by atoms with E-state index in [1.807, 2.05) is 44.4 Å². The number of rotatable bonds is 6. The molecule has 0 saturated heterocycles. The predicted octanol–water partition coefficient (Wildman–Crippen LogP) is 2.07. The number of aromatic nitrogens is 2. The van der Waals surface area contributed by atoms with Crippen molar-refractivity contribution in [1.29, 1.82) is 0 Å². The molecule has 1 heterocycles. The molecule has 2 rings (SSSR count). The van der Waals surface area contributed by atoms with Gasteiger partial charge >= 0.3 is 0 Å². The lowest BCUT2D eigenvalue weighted by atomic mass is 10.0. The third-order valence-electron chi connectivity index (χ3n) is 3.33. The van der Waals surface area contributed by atoms with Crippen LogP contribution in [0.4, 0.5) is 5.82 Å². The Morgan fingerprint density at radius 3 is 2.64 bits per heavy atom. The van der Waals surface area contributed by atoms with E-state index in [4.69, 9.17) is 17.3 Å². The minimum Gasteiger partial charge on any atom is -0.381 e. The van der Waals surface area contributed by atoms with Gasteiger partial charge in [-0.05, 0) is 32.6 Å². The molecule has 22 heavy (non-hydrogen) atoms. The van der Waals surface area contributed by atoms with E-state index >= 15 is 0 Å². The second-order valence-electron chi connectivity index (χ2n) is 5.33. The van der Waals surface area contributed by atoms with Gasteiger partial charge in [-0.15, -0.1) is 0 Å². The monoisotopic (exact) mass is 321 g/mol. The normalized spacial score (nSPS) is 12.4. The molecule has 0 aliphatic heterocycles. The van der Waals surface area contributed by atoms with E-state index in [2.05, 4.69) is 20.4 Å². The minimum absolute atomic E-state index is 0.114. The number of carbonyl (C=O) groups is 1. The van der Waals surface area contributed by atoms with E-state index in [-0.39, 0.29) is 28.5 Å². The summed E-state index contributed by atoms with van der Waals surface area (Å²) in [5, 5.41) is 9.44. The number of aromatic amines is 1. The van der Waals surface area contributed by atoms with Gasteiger partial charge in [-0.25, -0.2) is 0 Å². The number of nitrogens with one attached hydrogen (secondary N) is 2. The molecule has 6 nitrogen and oxygen atoms in total. The standard InChI is InChI=1S/C15H20ClN5O/c1-21(2)9-8-11(10-6-4-3-5-7-10)18-15(22)13-12(16)14(17)20-19-13/h3-7,11H,8-9H2,1-2H3,(H,18,22)(H3,17,19,20)/t11-/m0/s1. The van der Waals surface area contributed by atoms with Gasteiger partial charge in [-0.2, -0.15) is 5.10 Å². The van der Waals surface area contributed by atoms with Crippen LogP contribution in [0.15, 0.2) is 30.3 Å². The number of carbonyl (C=O) groups excluding carboxylic acids is 1.